The summed E-state index contributed by atoms with van der Waals surface area (Å²) in [7, 11) is 0. The summed E-state index contributed by atoms with van der Waals surface area (Å²) in [6, 6.07) is 15.8. The summed E-state index contributed by atoms with van der Waals surface area (Å²) in [5.74, 6) is -0.267. The van der Waals surface area contributed by atoms with E-state index in [4.69, 9.17) is 32.5 Å². The van der Waals surface area contributed by atoms with Crippen LogP contribution in [0.3, 0.4) is 0 Å². The minimum absolute atomic E-state index is 0.00843. The fraction of sp³-hybridized carbons (Fsp3) is 0.0588. The first-order valence-electron chi connectivity index (χ1n) is 7.01. The van der Waals surface area contributed by atoms with Gasteiger partial charge in [0.15, 0.2) is 0 Å². The standard InChI is InChI=1S/C17H12Cl2N2O3/c18-12-6-7-13(19)14(8-12)20-17(22)15-9-16(21-24-15)23-10-11-4-2-1-3-5-11/h1-9H,10H2,(H,20,22). The van der Waals surface area contributed by atoms with E-state index in [1.807, 2.05) is 30.3 Å². The highest BCUT2D eigenvalue weighted by Crippen LogP contribution is 2.26. The number of amides is 1. The molecule has 7 heteroatoms. The number of ether oxygens (including phenoxy) is 1. The highest BCUT2D eigenvalue weighted by atomic mass is 35.5. The van der Waals surface area contributed by atoms with Crippen LogP contribution in [0.1, 0.15) is 16.1 Å². The lowest BCUT2D eigenvalue weighted by Crippen LogP contribution is -2.11. The summed E-state index contributed by atoms with van der Waals surface area (Å²) in [6.07, 6.45) is 0. The average Bonchev–Trinajstić information content (AvgIpc) is 3.06. The number of hydrogen-bond acceptors (Lipinski definition) is 4. The summed E-state index contributed by atoms with van der Waals surface area (Å²) >= 11 is 11.9. The molecule has 0 unspecified atom stereocenters. The summed E-state index contributed by atoms with van der Waals surface area (Å²) in [5, 5.41) is 7.15. The van der Waals surface area contributed by atoms with E-state index in [-0.39, 0.29) is 11.6 Å². The van der Waals surface area contributed by atoms with Crippen molar-refractivity contribution in [3.05, 3.63) is 76.0 Å². The van der Waals surface area contributed by atoms with Crippen molar-refractivity contribution in [2.45, 2.75) is 6.61 Å². The van der Waals surface area contributed by atoms with Gasteiger partial charge in [-0.1, -0.05) is 53.5 Å². The van der Waals surface area contributed by atoms with Gasteiger partial charge in [0.05, 0.1) is 16.8 Å². The van der Waals surface area contributed by atoms with Crippen LogP contribution in [0.4, 0.5) is 5.69 Å². The topological polar surface area (TPSA) is 64.4 Å². The minimum Gasteiger partial charge on any atom is -0.471 e. The third-order valence-corrected chi connectivity index (χ3v) is 3.68. The fourth-order valence-electron chi connectivity index (χ4n) is 1.94. The molecule has 3 rings (SSSR count). The number of rotatable bonds is 5. The van der Waals surface area contributed by atoms with Crippen LogP contribution in [0, 0.1) is 0 Å². The minimum atomic E-state index is -0.499. The first kappa shape index (κ1) is 16.4. The summed E-state index contributed by atoms with van der Waals surface area (Å²) in [6.45, 7) is 0.328. The van der Waals surface area contributed by atoms with Crippen molar-refractivity contribution >= 4 is 34.8 Å². The van der Waals surface area contributed by atoms with Gasteiger partial charge in [-0.3, -0.25) is 4.79 Å². The molecule has 3 aromatic rings. The summed E-state index contributed by atoms with van der Waals surface area (Å²) < 4.78 is 10.5. The van der Waals surface area contributed by atoms with E-state index in [9.17, 15) is 4.79 Å². The second kappa shape index (κ2) is 7.38. The molecular weight excluding hydrogens is 351 g/mol. The molecule has 0 spiro atoms. The van der Waals surface area contributed by atoms with Crippen molar-refractivity contribution in [3.63, 3.8) is 0 Å². The maximum absolute atomic E-state index is 12.2. The number of carbonyl (C=O) groups is 1. The lowest BCUT2D eigenvalue weighted by Gasteiger charge is -2.05. The second-order valence-corrected chi connectivity index (χ2v) is 5.73. The van der Waals surface area contributed by atoms with Gasteiger partial charge in [0.2, 0.25) is 5.76 Å². The molecule has 0 bridgehead atoms. The Hall–Kier alpha value is -2.50. The Balaban J connectivity index is 1.64. The second-order valence-electron chi connectivity index (χ2n) is 4.88. The summed E-state index contributed by atoms with van der Waals surface area (Å²) in [4.78, 5) is 12.2. The molecule has 0 aliphatic rings. The number of nitrogens with one attached hydrogen (secondary N) is 1. The van der Waals surface area contributed by atoms with Crippen LogP contribution in [0.25, 0.3) is 0 Å². The molecular formula is C17H12Cl2N2O3. The number of benzene rings is 2. The Morgan fingerprint density at radius 3 is 2.71 bits per heavy atom. The Kier molecular flexibility index (Phi) is 5.03. The summed E-state index contributed by atoms with van der Waals surface area (Å²) in [5.41, 5.74) is 1.37. The highest BCUT2D eigenvalue weighted by molar-refractivity contribution is 6.35. The molecule has 1 heterocycles. The van der Waals surface area contributed by atoms with Gasteiger partial charge in [0.25, 0.3) is 11.8 Å². The first-order valence-corrected chi connectivity index (χ1v) is 7.77. The number of halogens is 2. The highest BCUT2D eigenvalue weighted by Gasteiger charge is 2.15. The van der Waals surface area contributed by atoms with Crippen molar-refractivity contribution in [1.29, 1.82) is 0 Å². The molecule has 5 nitrogen and oxygen atoms in total. The maximum Gasteiger partial charge on any atom is 0.294 e. The van der Waals surface area contributed by atoms with Gasteiger partial charge in [0, 0.05) is 5.02 Å². The van der Waals surface area contributed by atoms with E-state index >= 15 is 0 Å². The van der Waals surface area contributed by atoms with Gasteiger partial charge in [0.1, 0.15) is 6.61 Å². The van der Waals surface area contributed by atoms with Crippen LogP contribution in [0.2, 0.25) is 10.0 Å². The van der Waals surface area contributed by atoms with Crippen LogP contribution < -0.4 is 10.1 Å². The van der Waals surface area contributed by atoms with Gasteiger partial charge < -0.3 is 14.6 Å². The van der Waals surface area contributed by atoms with Gasteiger partial charge in [-0.05, 0) is 28.9 Å². The lowest BCUT2D eigenvalue weighted by molar-refractivity contribution is 0.0987. The quantitative estimate of drug-likeness (QED) is 0.706. The molecule has 1 aromatic heterocycles. The average molecular weight is 363 g/mol. The van der Waals surface area contributed by atoms with Gasteiger partial charge in [-0.15, -0.1) is 0 Å². The van der Waals surface area contributed by atoms with E-state index in [2.05, 4.69) is 10.5 Å². The number of anilines is 1. The molecule has 0 atom stereocenters. The van der Waals surface area contributed by atoms with Gasteiger partial charge in [-0.2, -0.15) is 0 Å². The zero-order valence-electron chi connectivity index (χ0n) is 12.3. The van der Waals surface area contributed by atoms with Crippen molar-refractivity contribution in [3.8, 4) is 5.88 Å². The number of hydrogen-bond donors (Lipinski definition) is 1. The van der Waals surface area contributed by atoms with Crippen LogP contribution >= 0.6 is 23.2 Å². The van der Waals surface area contributed by atoms with Gasteiger partial charge in [-0.25, -0.2) is 0 Å². The Labute approximate surface area is 148 Å². The molecule has 0 aliphatic carbocycles. The number of carbonyl (C=O) groups excluding carboxylic acids is 1. The fourth-order valence-corrected chi connectivity index (χ4v) is 2.28. The van der Waals surface area contributed by atoms with E-state index in [0.717, 1.165) is 5.56 Å². The zero-order chi connectivity index (χ0) is 16.9. The molecule has 1 amide bonds. The molecule has 0 saturated carbocycles. The zero-order valence-corrected chi connectivity index (χ0v) is 13.8. The third-order valence-electron chi connectivity index (χ3n) is 3.12. The smallest absolute Gasteiger partial charge is 0.294 e. The molecule has 0 radical (unpaired) electrons. The van der Waals surface area contributed by atoms with Crippen LogP contribution in [-0.4, -0.2) is 11.1 Å². The lowest BCUT2D eigenvalue weighted by atomic mass is 10.2. The van der Waals surface area contributed by atoms with E-state index < -0.39 is 5.91 Å². The Morgan fingerprint density at radius 1 is 1.12 bits per heavy atom. The molecule has 24 heavy (non-hydrogen) atoms. The van der Waals surface area contributed by atoms with E-state index in [1.54, 1.807) is 18.2 Å². The van der Waals surface area contributed by atoms with Crippen LogP contribution in [0.15, 0.2) is 59.1 Å². The molecule has 2 aromatic carbocycles. The Bertz CT molecular complexity index is 850. The SMILES string of the molecule is O=C(Nc1cc(Cl)ccc1Cl)c1cc(OCc2ccccc2)no1. The van der Waals surface area contributed by atoms with Gasteiger partial charge >= 0.3 is 0 Å². The Morgan fingerprint density at radius 2 is 1.92 bits per heavy atom. The molecule has 0 fully saturated rings. The van der Waals surface area contributed by atoms with Crippen molar-refractivity contribution in [1.82, 2.24) is 5.16 Å². The maximum atomic E-state index is 12.2. The molecule has 122 valence electrons. The van der Waals surface area contributed by atoms with Crippen molar-refractivity contribution in [2.75, 3.05) is 5.32 Å². The monoisotopic (exact) mass is 362 g/mol. The third kappa shape index (κ3) is 4.07. The number of aromatic nitrogens is 1. The van der Waals surface area contributed by atoms with E-state index in [1.165, 1.54) is 6.07 Å². The van der Waals surface area contributed by atoms with Crippen LogP contribution in [0.5, 0.6) is 5.88 Å². The molecule has 0 saturated heterocycles. The van der Waals surface area contributed by atoms with Crippen LogP contribution in [-0.2, 0) is 6.61 Å². The van der Waals surface area contributed by atoms with Crippen molar-refractivity contribution in [2.24, 2.45) is 0 Å². The normalized spacial score (nSPS) is 10.4. The predicted molar refractivity (Wildman–Crippen MR) is 91.7 cm³/mol. The molecule has 0 aliphatic heterocycles. The van der Waals surface area contributed by atoms with E-state index in [0.29, 0.717) is 22.3 Å². The largest absolute Gasteiger partial charge is 0.471 e. The number of nitrogens with zero attached hydrogens (tertiary/aromatic N) is 1. The van der Waals surface area contributed by atoms with Crippen molar-refractivity contribution < 1.29 is 14.1 Å². The molecule has 1 N–H and O–H groups in total. The first-order chi connectivity index (χ1) is 11.6. The predicted octanol–water partition coefficient (Wildman–Crippen LogP) is 4.81.